The van der Waals surface area contributed by atoms with Crippen LogP contribution in [0.1, 0.15) is 161 Å². The zero-order chi connectivity index (χ0) is 28.5. The molecule has 0 fully saturated rings. The van der Waals surface area contributed by atoms with E-state index in [0.717, 1.165) is 25.4 Å². The predicted octanol–water partition coefficient (Wildman–Crippen LogP) is 12.7. The van der Waals surface area contributed by atoms with Gasteiger partial charge in [0.05, 0.1) is 12.7 Å². The fourth-order valence-corrected chi connectivity index (χ4v) is 5.42. The molecule has 2 aromatic carbocycles. The van der Waals surface area contributed by atoms with Crippen LogP contribution >= 0.6 is 0 Å². The summed E-state index contributed by atoms with van der Waals surface area (Å²) in [5.74, 6) is 0.978. The molecule has 0 spiro atoms. The van der Waals surface area contributed by atoms with Crippen molar-refractivity contribution in [3.05, 3.63) is 54.1 Å². The molecule has 0 N–H and O–H groups in total. The molecule has 0 aliphatic carbocycles. The van der Waals surface area contributed by atoms with E-state index in [2.05, 4.69) is 69.3 Å². The Morgan fingerprint density at radius 1 is 0.450 bits per heavy atom. The number of ether oxygens (including phenoxy) is 2. The third kappa shape index (κ3) is 16.5. The topological polar surface area (TPSA) is 18.5 Å². The molecule has 40 heavy (non-hydrogen) atoms. The average molecular weight is 551 g/mol. The Balaban J connectivity index is 1.54. The molecule has 0 aromatic heterocycles. The van der Waals surface area contributed by atoms with Crippen molar-refractivity contribution in [2.24, 2.45) is 0 Å². The molecule has 0 radical (unpaired) electrons. The minimum atomic E-state index is 0.148. The Kier molecular flexibility index (Phi) is 20.5. The summed E-state index contributed by atoms with van der Waals surface area (Å²) in [4.78, 5) is 0. The highest BCUT2D eigenvalue weighted by molar-refractivity contribution is 5.64. The Bertz CT molecular complexity index is 810. The van der Waals surface area contributed by atoms with Crippen molar-refractivity contribution in [1.29, 1.82) is 0 Å². The molecule has 1 unspecified atom stereocenters. The van der Waals surface area contributed by atoms with E-state index in [9.17, 15) is 0 Å². The van der Waals surface area contributed by atoms with E-state index >= 15 is 0 Å². The number of hydrogen-bond donors (Lipinski definition) is 0. The molecule has 0 heterocycles. The lowest BCUT2D eigenvalue weighted by Crippen LogP contribution is -2.01. The molecule has 0 aliphatic heterocycles. The molecule has 2 nitrogen and oxygen atoms in total. The van der Waals surface area contributed by atoms with Crippen molar-refractivity contribution in [3.63, 3.8) is 0 Å². The van der Waals surface area contributed by atoms with Crippen molar-refractivity contribution >= 4 is 0 Å². The van der Waals surface area contributed by atoms with Crippen LogP contribution in [0.15, 0.2) is 48.5 Å². The molecule has 1 atom stereocenters. The SMILES string of the molecule is CCCCCCCCCCCCCOc1ccc(-c2ccc(C(C)OCCCCCCCCCCC)cc2)cc1. The van der Waals surface area contributed by atoms with Crippen LogP contribution in [-0.2, 0) is 4.74 Å². The molecular formula is C38H62O2. The van der Waals surface area contributed by atoms with Gasteiger partial charge < -0.3 is 9.47 Å². The first-order chi connectivity index (χ1) is 19.7. The monoisotopic (exact) mass is 550 g/mol. The van der Waals surface area contributed by atoms with E-state index in [4.69, 9.17) is 9.47 Å². The lowest BCUT2D eigenvalue weighted by molar-refractivity contribution is 0.0627. The van der Waals surface area contributed by atoms with Crippen molar-refractivity contribution in [1.82, 2.24) is 0 Å². The maximum absolute atomic E-state index is 6.13. The van der Waals surface area contributed by atoms with Crippen LogP contribution in [-0.4, -0.2) is 13.2 Å². The molecule has 2 rings (SSSR count). The van der Waals surface area contributed by atoms with Gasteiger partial charge in [-0.2, -0.15) is 0 Å². The van der Waals surface area contributed by atoms with Crippen molar-refractivity contribution in [2.75, 3.05) is 13.2 Å². The highest BCUT2D eigenvalue weighted by Gasteiger charge is 2.07. The lowest BCUT2D eigenvalue weighted by atomic mass is 10.0. The maximum Gasteiger partial charge on any atom is 0.119 e. The van der Waals surface area contributed by atoms with Gasteiger partial charge in [0.15, 0.2) is 0 Å². The first-order valence-corrected chi connectivity index (χ1v) is 17.2. The minimum Gasteiger partial charge on any atom is -0.494 e. The average Bonchev–Trinajstić information content (AvgIpc) is 2.99. The van der Waals surface area contributed by atoms with Gasteiger partial charge >= 0.3 is 0 Å². The highest BCUT2D eigenvalue weighted by atomic mass is 16.5. The van der Waals surface area contributed by atoms with E-state index in [0.29, 0.717) is 0 Å². The molecule has 2 heteroatoms. The van der Waals surface area contributed by atoms with Crippen molar-refractivity contribution in [2.45, 2.75) is 155 Å². The highest BCUT2D eigenvalue weighted by Crippen LogP contribution is 2.26. The number of rotatable bonds is 26. The summed E-state index contributed by atoms with van der Waals surface area (Å²) < 4.78 is 12.1. The van der Waals surface area contributed by atoms with Crippen LogP contribution in [0.3, 0.4) is 0 Å². The number of benzene rings is 2. The van der Waals surface area contributed by atoms with E-state index in [1.807, 2.05) is 0 Å². The molecule has 0 saturated carbocycles. The van der Waals surface area contributed by atoms with Crippen LogP contribution < -0.4 is 4.74 Å². The summed E-state index contributed by atoms with van der Waals surface area (Å²) in [6, 6.07) is 17.4. The summed E-state index contributed by atoms with van der Waals surface area (Å²) in [6.07, 6.45) is 27.3. The van der Waals surface area contributed by atoms with Crippen molar-refractivity contribution in [3.8, 4) is 16.9 Å². The number of unbranched alkanes of at least 4 members (excludes halogenated alkanes) is 18. The second-order valence-corrected chi connectivity index (χ2v) is 11.9. The summed E-state index contributed by atoms with van der Waals surface area (Å²) in [7, 11) is 0. The Morgan fingerprint density at radius 3 is 1.27 bits per heavy atom. The third-order valence-corrected chi connectivity index (χ3v) is 8.20. The molecule has 0 aliphatic rings. The zero-order valence-electron chi connectivity index (χ0n) is 26.6. The van der Waals surface area contributed by atoms with Crippen LogP contribution in [0.2, 0.25) is 0 Å². The standard InChI is InChI=1S/C38H62O2/c1-4-6-8-10-12-14-15-17-19-21-23-33-40-38-30-28-37(29-31-38)36-26-24-35(25-27-36)34(3)39-32-22-20-18-16-13-11-9-7-5-2/h24-31,34H,4-23,32-33H2,1-3H3. The van der Waals surface area contributed by atoms with Gasteiger partial charge in [-0.25, -0.2) is 0 Å². The molecule has 226 valence electrons. The molecule has 0 bridgehead atoms. The quantitative estimate of drug-likeness (QED) is 0.108. The van der Waals surface area contributed by atoms with Crippen LogP contribution in [0, 0.1) is 0 Å². The van der Waals surface area contributed by atoms with E-state index in [1.165, 1.54) is 139 Å². The first-order valence-electron chi connectivity index (χ1n) is 17.2. The number of hydrogen-bond acceptors (Lipinski definition) is 2. The largest absolute Gasteiger partial charge is 0.494 e. The van der Waals surface area contributed by atoms with Gasteiger partial charge in [-0.05, 0) is 48.6 Å². The fourth-order valence-electron chi connectivity index (χ4n) is 5.42. The second kappa shape index (κ2) is 23.9. The van der Waals surface area contributed by atoms with Gasteiger partial charge in [-0.1, -0.05) is 166 Å². The second-order valence-electron chi connectivity index (χ2n) is 11.9. The molecule has 0 saturated heterocycles. The Labute approximate surface area is 248 Å². The van der Waals surface area contributed by atoms with Crippen LogP contribution in [0.25, 0.3) is 11.1 Å². The van der Waals surface area contributed by atoms with Gasteiger partial charge in [0.2, 0.25) is 0 Å². The van der Waals surface area contributed by atoms with Gasteiger partial charge in [0, 0.05) is 6.61 Å². The van der Waals surface area contributed by atoms with Crippen LogP contribution in [0.5, 0.6) is 5.75 Å². The van der Waals surface area contributed by atoms with E-state index in [-0.39, 0.29) is 6.10 Å². The molecular weight excluding hydrogens is 488 g/mol. The van der Waals surface area contributed by atoms with Gasteiger partial charge in [0.25, 0.3) is 0 Å². The normalized spacial score (nSPS) is 12.1. The van der Waals surface area contributed by atoms with Crippen LogP contribution in [0.4, 0.5) is 0 Å². The molecule has 2 aromatic rings. The van der Waals surface area contributed by atoms with E-state index < -0.39 is 0 Å². The predicted molar refractivity (Wildman–Crippen MR) is 175 cm³/mol. The summed E-state index contributed by atoms with van der Waals surface area (Å²) in [6.45, 7) is 8.42. The summed E-state index contributed by atoms with van der Waals surface area (Å²) in [5.41, 5.74) is 3.73. The third-order valence-electron chi connectivity index (χ3n) is 8.20. The zero-order valence-corrected chi connectivity index (χ0v) is 26.6. The van der Waals surface area contributed by atoms with Gasteiger partial charge in [-0.15, -0.1) is 0 Å². The van der Waals surface area contributed by atoms with E-state index in [1.54, 1.807) is 0 Å². The molecule has 0 amide bonds. The van der Waals surface area contributed by atoms with Gasteiger partial charge in [-0.3, -0.25) is 0 Å². The first kappa shape index (κ1) is 34.4. The Hall–Kier alpha value is -1.80. The maximum atomic E-state index is 6.13. The smallest absolute Gasteiger partial charge is 0.119 e. The fraction of sp³-hybridized carbons (Fsp3) is 0.684. The summed E-state index contributed by atoms with van der Waals surface area (Å²) >= 11 is 0. The minimum absolute atomic E-state index is 0.148. The summed E-state index contributed by atoms with van der Waals surface area (Å²) in [5, 5.41) is 0. The van der Waals surface area contributed by atoms with Crippen molar-refractivity contribution < 1.29 is 9.47 Å². The van der Waals surface area contributed by atoms with Gasteiger partial charge in [0.1, 0.15) is 5.75 Å². The lowest BCUT2D eigenvalue weighted by Gasteiger charge is -2.14. The Morgan fingerprint density at radius 2 is 0.825 bits per heavy atom.